The average molecular weight is 190 g/mol. The van der Waals surface area contributed by atoms with Gasteiger partial charge in [-0.25, -0.2) is 0 Å². The van der Waals surface area contributed by atoms with Crippen LogP contribution in [0, 0.1) is 6.92 Å². The van der Waals surface area contributed by atoms with E-state index in [4.69, 9.17) is 0 Å². The Balaban J connectivity index is 2.08. The summed E-state index contributed by atoms with van der Waals surface area (Å²) in [5.41, 5.74) is 2.87. The summed E-state index contributed by atoms with van der Waals surface area (Å²) >= 11 is 0. The summed E-state index contributed by atoms with van der Waals surface area (Å²) < 4.78 is 0. The summed E-state index contributed by atoms with van der Waals surface area (Å²) in [6, 6.07) is 9.77. The molecule has 76 valence electrons. The molecule has 1 heteroatoms. The molecule has 2 N–H and O–H groups in total. The van der Waals surface area contributed by atoms with Crippen LogP contribution in [0.3, 0.4) is 0 Å². The molecule has 1 aromatic carbocycles. The Labute approximate surface area is 86.5 Å². The summed E-state index contributed by atoms with van der Waals surface area (Å²) in [5.74, 6) is 0. The topological polar surface area (TPSA) is 16.6 Å². The van der Waals surface area contributed by atoms with Gasteiger partial charge in [0.2, 0.25) is 0 Å². The molecule has 1 aliphatic rings. The molecule has 0 unspecified atom stereocenters. The molecular formula is C13H20N+. The quantitative estimate of drug-likeness (QED) is 0.699. The maximum Gasteiger partial charge on any atom is 0.112 e. The zero-order chi connectivity index (χ0) is 9.80. The Hall–Kier alpha value is -0.820. The van der Waals surface area contributed by atoms with E-state index in [1.165, 1.54) is 43.4 Å². The van der Waals surface area contributed by atoms with Crippen LogP contribution < -0.4 is 5.32 Å². The molecule has 0 aliphatic carbocycles. The molecule has 0 amide bonds. The lowest BCUT2D eigenvalue weighted by Gasteiger charge is -2.12. The van der Waals surface area contributed by atoms with E-state index in [2.05, 4.69) is 36.5 Å². The SMILES string of the molecule is Cc1ccc([C@H]2CCCCC[NH2+]2)cc1. The highest BCUT2D eigenvalue weighted by atomic mass is 14.9. The van der Waals surface area contributed by atoms with Crippen LogP contribution in [-0.4, -0.2) is 6.54 Å². The van der Waals surface area contributed by atoms with Crippen molar-refractivity contribution in [2.75, 3.05) is 6.54 Å². The molecular weight excluding hydrogens is 170 g/mol. The van der Waals surface area contributed by atoms with Crippen LogP contribution in [-0.2, 0) is 0 Å². The lowest BCUT2D eigenvalue weighted by Crippen LogP contribution is -2.84. The van der Waals surface area contributed by atoms with Crippen LogP contribution in [0.4, 0.5) is 0 Å². The van der Waals surface area contributed by atoms with Gasteiger partial charge in [-0.3, -0.25) is 0 Å². The predicted molar refractivity (Wildman–Crippen MR) is 59.2 cm³/mol. The second-order valence-corrected chi connectivity index (χ2v) is 4.39. The van der Waals surface area contributed by atoms with Crippen molar-refractivity contribution in [3.05, 3.63) is 35.4 Å². The fourth-order valence-electron chi connectivity index (χ4n) is 2.24. The molecule has 0 radical (unpaired) electrons. The maximum atomic E-state index is 2.51. The summed E-state index contributed by atoms with van der Waals surface area (Å²) in [4.78, 5) is 0. The molecule has 1 saturated heterocycles. The first-order chi connectivity index (χ1) is 6.86. The molecule has 0 aromatic heterocycles. The van der Waals surface area contributed by atoms with Crippen LogP contribution in [0.2, 0.25) is 0 Å². The highest BCUT2D eigenvalue weighted by molar-refractivity contribution is 5.22. The third-order valence-electron chi connectivity index (χ3n) is 3.18. The minimum absolute atomic E-state index is 0.720. The third kappa shape index (κ3) is 2.36. The van der Waals surface area contributed by atoms with Gasteiger partial charge in [0.1, 0.15) is 6.04 Å². The zero-order valence-electron chi connectivity index (χ0n) is 9.00. The number of hydrogen-bond acceptors (Lipinski definition) is 0. The van der Waals surface area contributed by atoms with Crippen molar-refractivity contribution in [1.29, 1.82) is 0 Å². The number of quaternary nitrogens is 1. The minimum atomic E-state index is 0.720. The molecule has 0 bridgehead atoms. The van der Waals surface area contributed by atoms with Gasteiger partial charge in [-0.15, -0.1) is 0 Å². The number of rotatable bonds is 1. The van der Waals surface area contributed by atoms with Gasteiger partial charge in [0, 0.05) is 12.0 Å². The summed E-state index contributed by atoms with van der Waals surface area (Å²) in [5, 5.41) is 2.51. The van der Waals surface area contributed by atoms with Gasteiger partial charge in [0.15, 0.2) is 0 Å². The van der Waals surface area contributed by atoms with Crippen molar-refractivity contribution < 1.29 is 5.32 Å². The molecule has 1 heterocycles. The van der Waals surface area contributed by atoms with Crippen LogP contribution in [0.1, 0.15) is 42.9 Å². The number of nitrogens with two attached hydrogens (primary N) is 1. The number of aryl methyl sites for hydroxylation is 1. The van der Waals surface area contributed by atoms with Gasteiger partial charge in [0.25, 0.3) is 0 Å². The second-order valence-electron chi connectivity index (χ2n) is 4.39. The van der Waals surface area contributed by atoms with Crippen molar-refractivity contribution in [2.24, 2.45) is 0 Å². The molecule has 0 spiro atoms. The highest BCUT2D eigenvalue weighted by Crippen LogP contribution is 2.18. The van der Waals surface area contributed by atoms with Crippen molar-refractivity contribution in [2.45, 2.75) is 38.6 Å². The third-order valence-corrected chi connectivity index (χ3v) is 3.18. The van der Waals surface area contributed by atoms with E-state index in [0.717, 1.165) is 6.04 Å². The van der Waals surface area contributed by atoms with Gasteiger partial charge in [-0.2, -0.15) is 0 Å². The lowest BCUT2D eigenvalue weighted by atomic mass is 10.0. The van der Waals surface area contributed by atoms with E-state index in [0.29, 0.717) is 0 Å². The van der Waals surface area contributed by atoms with Gasteiger partial charge >= 0.3 is 0 Å². The summed E-state index contributed by atoms with van der Waals surface area (Å²) in [7, 11) is 0. The molecule has 14 heavy (non-hydrogen) atoms. The van der Waals surface area contributed by atoms with Crippen LogP contribution in [0.25, 0.3) is 0 Å². The molecule has 0 saturated carbocycles. The van der Waals surface area contributed by atoms with E-state index in [1.54, 1.807) is 0 Å². The van der Waals surface area contributed by atoms with E-state index in [1.807, 2.05) is 0 Å². The summed E-state index contributed by atoms with van der Waals surface area (Å²) in [6.07, 6.45) is 5.55. The Morgan fingerprint density at radius 3 is 2.64 bits per heavy atom. The summed E-state index contributed by atoms with van der Waals surface area (Å²) in [6.45, 7) is 3.46. The smallest absolute Gasteiger partial charge is 0.112 e. The lowest BCUT2D eigenvalue weighted by molar-refractivity contribution is -0.694. The fraction of sp³-hybridized carbons (Fsp3) is 0.538. The number of hydrogen-bond donors (Lipinski definition) is 1. The second kappa shape index (κ2) is 4.61. The Morgan fingerprint density at radius 2 is 1.86 bits per heavy atom. The molecule has 2 rings (SSSR count). The monoisotopic (exact) mass is 190 g/mol. The van der Waals surface area contributed by atoms with Crippen molar-refractivity contribution in [3.63, 3.8) is 0 Å². The molecule has 1 nitrogen and oxygen atoms in total. The minimum Gasteiger partial charge on any atom is -0.340 e. The largest absolute Gasteiger partial charge is 0.340 e. The van der Waals surface area contributed by atoms with Gasteiger partial charge in [-0.1, -0.05) is 29.8 Å². The van der Waals surface area contributed by atoms with Crippen LogP contribution in [0.5, 0.6) is 0 Å². The standard InChI is InChI=1S/C13H19N/c1-11-6-8-12(9-7-11)13-5-3-2-4-10-14-13/h6-9,13-14H,2-5,10H2,1H3/p+1/t13-/m1/s1. The van der Waals surface area contributed by atoms with E-state index >= 15 is 0 Å². The van der Waals surface area contributed by atoms with Crippen molar-refractivity contribution in [3.8, 4) is 0 Å². The molecule has 1 aromatic rings. The van der Waals surface area contributed by atoms with E-state index in [-0.39, 0.29) is 0 Å². The fourth-order valence-corrected chi connectivity index (χ4v) is 2.24. The van der Waals surface area contributed by atoms with Crippen LogP contribution >= 0.6 is 0 Å². The first-order valence-corrected chi connectivity index (χ1v) is 5.76. The predicted octanol–water partition coefficient (Wildman–Crippen LogP) is 2.17. The van der Waals surface area contributed by atoms with Crippen molar-refractivity contribution in [1.82, 2.24) is 0 Å². The van der Waals surface area contributed by atoms with Gasteiger partial charge < -0.3 is 5.32 Å². The Kier molecular flexibility index (Phi) is 3.20. The zero-order valence-corrected chi connectivity index (χ0v) is 9.00. The van der Waals surface area contributed by atoms with E-state index < -0.39 is 0 Å². The van der Waals surface area contributed by atoms with Crippen LogP contribution in [0.15, 0.2) is 24.3 Å². The highest BCUT2D eigenvalue weighted by Gasteiger charge is 2.16. The maximum absolute atomic E-state index is 2.51. The van der Waals surface area contributed by atoms with Gasteiger partial charge in [-0.05, 0) is 26.2 Å². The number of benzene rings is 1. The van der Waals surface area contributed by atoms with Gasteiger partial charge in [0.05, 0.1) is 6.54 Å². The Bertz CT molecular complexity index is 268. The molecule has 1 atom stereocenters. The Morgan fingerprint density at radius 1 is 1.07 bits per heavy atom. The first-order valence-electron chi connectivity index (χ1n) is 5.76. The van der Waals surface area contributed by atoms with Crippen molar-refractivity contribution >= 4 is 0 Å². The molecule has 1 aliphatic heterocycles. The van der Waals surface area contributed by atoms with E-state index in [9.17, 15) is 0 Å². The first kappa shape index (κ1) is 9.72. The average Bonchev–Trinajstić information content (AvgIpc) is 2.47. The molecule has 1 fully saturated rings. The normalized spacial score (nSPS) is 23.1.